The van der Waals surface area contributed by atoms with Gasteiger partial charge in [-0.3, -0.25) is 14.9 Å². The molecule has 0 radical (unpaired) electrons. The van der Waals surface area contributed by atoms with Gasteiger partial charge in [-0.05, 0) is 65.6 Å². The van der Waals surface area contributed by atoms with Crippen molar-refractivity contribution in [3.63, 3.8) is 0 Å². The molecule has 3 aromatic rings. The first-order valence-corrected chi connectivity index (χ1v) is 11.1. The lowest BCUT2D eigenvalue weighted by atomic mass is 10.1. The first kappa shape index (κ1) is 22.2. The molecule has 8 nitrogen and oxygen atoms in total. The Balaban J connectivity index is 1.30. The Hall–Kier alpha value is -4.59. The van der Waals surface area contributed by atoms with Gasteiger partial charge in [-0.2, -0.15) is 0 Å². The van der Waals surface area contributed by atoms with E-state index in [4.69, 9.17) is 14.2 Å². The number of rotatable bonds is 6. The molecule has 0 spiro atoms. The fourth-order valence-corrected chi connectivity index (χ4v) is 3.80. The van der Waals surface area contributed by atoms with Crippen molar-refractivity contribution >= 4 is 29.6 Å². The number of hydrogen-bond donors (Lipinski definition) is 1. The summed E-state index contributed by atoms with van der Waals surface area (Å²) in [6.07, 6.45) is 2.29. The minimum absolute atomic E-state index is 0.127. The number of carbonyl (C=O) groups excluding carboxylic acids is 3. The lowest BCUT2D eigenvalue weighted by Gasteiger charge is -2.26. The second kappa shape index (κ2) is 9.34. The molecule has 0 aromatic heterocycles. The van der Waals surface area contributed by atoms with Crippen molar-refractivity contribution in [2.75, 3.05) is 11.7 Å². The summed E-state index contributed by atoms with van der Waals surface area (Å²) < 4.78 is 16.5. The number of nitrogens with one attached hydrogen (secondary N) is 1. The van der Waals surface area contributed by atoms with E-state index >= 15 is 0 Å². The van der Waals surface area contributed by atoms with Gasteiger partial charge in [-0.15, -0.1) is 0 Å². The molecule has 0 unspecified atom stereocenters. The van der Waals surface area contributed by atoms with Crippen LogP contribution in [-0.4, -0.2) is 24.6 Å². The molecule has 35 heavy (non-hydrogen) atoms. The number of imide groups is 2. The van der Waals surface area contributed by atoms with Gasteiger partial charge in [-0.25, -0.2) is 9.69 Å². The maximum Gasteiger partial charge on any atom is 0.335 e. The number of fused-ring (bicyclic) bond motifs is 1. The average molecular weight is 470 g/mol. The number of barbiturate groups is 1. The Morgan fingerprint density at radius 2 is 1.63 bits per heavy atom. The number of carbonyl (C=O) groups is 3. The summed E-state index contributed by atoms with van der Waals surface area (Å²) in [6.45, 7) is 2.57. The summed E-state index contributed by atoms with van der Waals surface area (Å²) in [5, 5.41) is 2.24. The van der Waals surface area contributed by atoms with Gasteiger partial charge in [0.25, 0.3) is 11.8 Å². The van der Waals surface area contributed by atoms with Crippen molar-refractivity contribution in [2.24, 2.45) is 0 Å². The first-order valence-electron chi connectivity index (χ1n) is 11.1. The molecule has 0 atom stereocenters. The van der Waals surface area contributed by atoms with Crippen LogP contribution in [0.15, 0.2) is 72.3 Å². The largest absolute Gasteiger partial charge is 0.489 e. The van der Waals surface area contributed by atoms with E-state index in [2.05, 4.69) is 5.32 Å². The normalized spacial score (nSPS) is 16.0. The summed E-state index contributed by atoms with van der Waals surface area (Å²) in [7, 11) is 0. The molecule has 1 saturated heterocycles. The number of aryl methyl sites for hydroxylation is 1. The van der Waals surface area contributed by atoms with Crippen LogP contribution in [0.1, 0.15) is 23.6 Å². The van der Waals surface area contributed by atoms with Crippen LogP contribution >= 0.6 is 0 Å². The van der Waals surface area contributed by atoms with Crippen molar-refractivity contribution in [1.82, 2.24) is 5.32 Å². The third kappa shape index (κ3) is 4.59. The van der Waals surface area contributed by atoms with Crippen molar-refractivity contribution < 1.29 is 28.6 Å². The fraction of sp³-hybridized carbons (Fsp3) is 0.148. The zero-order valence-corrected chi connectivity index (χ0v) is 18.9. The first-order chi connectivity index (χ1) is 17.0. The molecule has 5 rings (SSSR count). The number of urea groups is 1. The van der Waals surface area contributed by atoms with Gasteiger partial charge in [0, 0.05) is 0 Å². The Labute approximate surface area is 201 Å². The minimum atomic E-state index is -0.770. The summed E-state index contributed by atoms with van der Waals surface area (Å²) >= 11 is 0. The maximum absolute atomic E-state index is 13.0. The molecule has 8 heteroatoms. The third-order valence-electron chi connectivity index (χ3n) is 5.74. The molecule has 4 amide bonds. The minimum Gasteiger partial charge on any atom is -0.489 e. The number of ether oxygens (including phenoxy) is 3. The number of benzene rings is 3. The topological polar surface area (TPSA) is 94.2 Å². The second-order valence-electron chi connectivity index (χ2n) is 8.02. The summed E-state index contributed by atoms with van der Waals surface area (Å²) in [5.41, 5.74) is 2.90. The van der Waals surface area contributed by atoms with Gasteiger partial charge in [-0.1, -0.05) is 37.3 Å². The van der Waals surface area contributed by atoms with Crippen molar-refractivity contribution in [3.05, 3.63) is 89.0 Å². The lowest BCUT2D eigenvalue weighted by Crippen LogP contribution is -2.54. The highest BCUT2D eigenvalue weighted by molar-refractivity contribution is 6.39. The van der Waals surface area contributed by atoms with Crippen LogP contribution in [0, 0.1) is 0 Å². The summed E-state index contributed by atoms with van der Waals surface area (Å²) in [6, 6.07) is 18.9. The van der Waals surface area contributed by atoms with Crippen molar-refractivity contribution in [2.45, 2.75) is 20.0 Å². The quantitative estimate of drug-likeness (QED) is 0.428. The second-order valence-corrected chi connectivity index (χ2v) is 8.02. The van der Waals surface area contributed by atoms with Crippen LogP contribution in [0.4, 0.5) is 10.5 Å². The van der Waals surface area contributed by atoms with E-state index in [1.165, 1.54) is 6.08 Å². The van der Waals surface area contributed by atoms with E-state index in [1.54, 1.807) is 36.4 Å². The Morgan fingerprint density at radius 3 is 2.37 bits per heavy atom. The molecule has 0 bridgehead atoms. The Bertz CT molecular complexity index is 1330. The predicted octanol–water partition coefficient (Wildman–Crippen LogP) is 4.22. The van der Waals surface area contributed by atoms with Gasteiger partial charge >= 0.3 is 6.03 Å². The summed E-state index contributed by atoms with van der Waals surface area (Å²) in [4.78, 5) is 38.8. The smallest absolute Gasteiger partial charge is 0.335 e. The highest BCUT2D eigenvalue weighted by Crippen LogP contribution is 2.33. The third-order valence-corrected chi connectivity index (χ3v) is 5.74. The van der Waals surface area contributed by atoms with Gasteiger partial charge < -0.3 is 14.2 Å². The average Bonchev–Trinajstić information content (AvgIpc) is 3.34. The van der Waals surface area contributed by atoms with Crippen LogP contribution in [0.25, 0.3) is 6.08 Å². The monoisotopic (exact) mass is 470 g/mol. The summed E-state index contributed by atoms with van der Waals surface area (Å²) in [5.74, 6) is 0.621. The van der Waals surface area contributed by atoms with E-state index < -0.39 is 17.8 Å². The van der Waals surface area contributed by atoms with E-state index in [-0.39, 0.29) is 12.4 Å². The number of anilines is 1. The number of amides is 4. The van der Waals surface area contributed by atoms with Crippen LogP contribution in [0.3, 0.4) is 0 Å². The molecular weight excluding hydrogens is 448 g/mol. The zero-order chi connectivity index (χ0) is 24.4. The molecular formula is C27H22N2O6. The molecule has 1 fully saturated rings. The molecule has 3 aromatic carbocycles. The molecule has 1 N–H and O–H groups in total. The maximum atomic E-state index is 13.0. The molecule has 0 saturated carbocycles. The van der Waals surface area contributed by atoms with Crippen molar-refractivity contribution in [1.29, 1.82) is 0 Å². The lowest BCUT2D eigenvalue weighted by molar-refractivity contribution is -0.122. The molecule has 0 aliphatic carbocycles. The van der Waals surface area contributed by atoms with Gasteiger partial charge in [0.05, 0.1) is 5.69 Å². The highest BCUT2D eigenvalue weighted by atomic mass is 16.7. The Kier molecular flexibility index (Phi) is 5.93. The predicted molar refractivity (Wildman–Crippen MR) is 128 cm³/mol. The van der Waals surface area contributed by atoms with Gasteiger partial charge in [0.2, 0.25) is 6.79 Å². The van der Waals surface area contributed by atoms with Gasteiger partial charge in [0.1, 0.15) is 17.9 Å². The van der Waals surface area contributed by atoms with E-state index in [0.717, 1.165) is 22.4 Å². The number of hydrogen-bond acceptors (Lipinski definition) is 6. The van der Waals surface area contributed by atoms with Crippen LogP contribution in [0.5, 0.6) is 17.2 Å². The van der Waals surface area contributed by atoms with Crippen LogP contribution in [-0.2, 0) is 22.6 Å². The molecule has 176 valence electrons. The number of nitrogens with zero attached hydrogens (tertiary/aromatic N) is 1. The van der Waals surface area contributed by atoms with Gasteiger partial charge in [0.15, 0.2) is 11.5 Å². The molecule has 2 aliphatic rings. The van der Waals surface area contributed by atoms with Crippen molar-refractivity contribution in [3.8, 4) is 17.2 Å². The molecule has 2 aliphatic heterocycles. The van der Waals surface area contributed by atoms with Crippen LogP contribution in [0.2, 0.25) is 0 Å². The van der Waals surface area contributed by atoms with E-state index in [9.17, 15) is 14.4 Å². The SMILES string of the molecule is CCc1ccc(N2C(=O)NC(=O)/C(=C/c3ccc(OCc4ccc5c(c4)OCO5)cc3)C2=O)cc1. The Morgan fingerprint density at radius 1 is 0.914 bits per heavy atom. The van der Waals surface area contributed by atoms with E-state index in [1.807, 2.05) is 37.3 Å². The standard InChI is InChI=1S/C27H22N2O6/c1-2-17-3-8-20(9-4-17)29-26(31)22(25(30)28-27(29)32)13-18-5-10-21(11-6-18)33-15-19-7-12-23-24(14-19)35-16-34-23/h3-14H,2,15-16H2,1H3,(H,28,30,32)/b22-13-. The highest BCUT2D eigenvalue weighted by Gasteiger charge is 2.36. The fourth-order valence-electron chi connectivity index (χ4n) is 3.80. The van der Waals surface area contributed by atoms with Crippen LogP contribution < -0.4 is 24.4 Å². The zero-order valence-electron chi connectivity index (χ0n) is 18.9. The molecule has 2 heterocycles. The van der Waals surface area contributed by atoms with E-state index in [0.29, 0.717) is 35.1 Å².